The molecule has 0 saturated carbocycles. The normalized spacial score (nSPS) is 14.8. The molecule has 0 bridgehead atoms. The van der Waals surface area contributed by atoms with Crippen LogP contribution in [-0.2, 0) is 0 Å². The first-order valence-corrected chi connectivity index (χ1v) is 4.98. The van der Waals surface area contributed by atoms with Gasteiger partial charge in [0.15, 0.2) is 0 Å². The van der Waals surface area contributed by atoms with E-state index in [1.807, 2.05) is 24.3 Å². The van der Waals surface area contributed by atoms with Crippen molar-refractivity contribution >= 4 is 0 Å². The van der Waals surface area contributed by atoms with Crippen LogP contribution in [0.2, 0.25) is 0 Å². The Balaban J connectivity index is 2.18. The van der Waals surface area contributed by atoms with Gasteiger partial charge in [-0.15, -0.1) is 0 Å². The molecule has 78 valence electrons. The van der Waals surface area contributed by atoms with E-state index in [-0.39, 0.29) is 12.0 Å². The summed E-state index contributed by atoms with van der Waals surface area (Å²) in [6.45, 7) is 2.09. The lowest BCUT2D eigenvalue weighted by atomic mass is 9.93. The first-order valence-electron chi connectivity index (χ1n) is 4.98. The van der Waals surface area contributed by atoms with Crippen LogP contribution in [0.3, 0.4) is 0 Å². The molecule has 2 N–H and O–H groups in total. The van der Waals surface area contributed by atoms with Gasteiger partial charge < -0.3 is 10.2 Å². The van der Waals surface area contributed by atoms with Gasteiger partial charge in [-0.1, -0.05) is 6.92 Å². The van der Waals surface area contributed by atoms with Crippen LogP contribution in [0.15, 0.2) is 47.3 Å². The Morgan fingerprint density at radius 2 is 2.00 bits per heavy atom. The molecule has 0 radical (unpaired) electrons. The molecule has 2 atom stereocenters. The largest absolute Gasteiger partial charge is 0.468 e. The molecule has 0 fully saturated rings. The zero-order valence-corrected chi connectivity index (χ0v) is 8.63. The van der Waals surface area contributed by atoms with Gasteiger partial charge in [0.2, 0.25) is 0 Å². The predicted octanol–water partition coefficient (Wildman–Crippen LogP) is 2.48. The molecule has 0 spiro atoms. The van der Waals surface area contributed by atoms with Gasteiger partial charge in [-0.3, -0.25) is 4.98 Å². The molecule has 2 heterocycles. The highest BCUT2D eigenvalue weighted by molar-refractivity contribution is 5.20. The van der Waals surface area contributed by atoms with E-state index in [1.54, 1.807) is 18.7 Å². The molecule has 2 rings (SSSR count). The second-order valence-electron chi connectivity index (χ2n) is 3.61. The third-order valence-corrected chi connectivity index (χ3v) is 2.64. The average molecular weight is 202 g/mol. The summed E-state index contributed by atoms with van der Waals surface area (Å²) < 4.78 is 5.30. The minimum Gasteiger partial charge on any atom is -0.468 e. The number of pyridine rings is 1. The molecule has 2 aromatic heterocycles. The number of furan rings is 1. The summed E-state index contributed by atoms with van der Waals surface area (Å²) in [7, 11) is 0. The fraction of sp³-hybridized carbons (Fsp3) is 0.250. The van der Waals surface area contributed by atoms with Crippen LogP contribution in [0.25, 0.3) is 0 Å². The topological polar surface area (TPSA) is 52.0 Å². The standard InChI is InChI=1S/C12H14N2O/c1-9(10-4-6-14-7-5-10)12(13)11-3-2-8-15-11/h2-9,12H,13H2,1H3. The van der Waals surface area contributed by atoms with Crippen LogP contribution >= 0.6 is 0 Å². The quantitative estimate of drug-likeness (QED) is 0.831. The number of aromatic nitrogens is 1. The lowest BCUT2D eigenvalue weighted by Crippen LogP contribution is -2.16. The maximum atomic E-state index is 6.10. The molecule has 0 aliphatic rings. The minimum atomic E-state index is -0.109. The molecule has 2 unspecified atom stereocenters. The fourth-order valence-corrected chi connectivity index (χ4v) is 1.60. The monoisotopic (exact) mass is 202 g/mol. The number of hydrogen-bond donors (Lipinski definition) is 1. The molecule has 0 aliphatic heterocycles. The van der Waals surface area contributed by atoms with Crippen molar-refractivity contribution in [2.75, 3.05) is 0 Å². The lowest BCUT2D eigenvalue weighted by Gasteiger charge is -2.17. The molecular formula is C12H14N2O. The molecule has 15 heavy (non-hydrogen) atoms. The summed E-state index contributed by atoms with van der Waals surface area (Å²) in [5, 5.41) is 0. The smallest absolute Gasteiger partial charge is 0.121 e. The molecule has 0 saturated heterocycles. The van der Waals surface area contributed by atoms with Crippen molar-refractivity contribution in [1.82, 2.24) is 4.98 Å². The van der Waals surface area contributed by atoms with Crippen molar-refractivity contribution in [1.29, 1.82) is 0 Å². The highest BCUT2D eigenvalue weighted by atomic mass is 16.3. The van der Waals surface area contributed by atoms with Crippen molar-refractivity contribution in [3.63, 3.8) is 0 Å². The van der Waals surface area contributed by atoms with E-state index in [4.69, 9.17) is 10.2 Å². The molecule has 3 heteroatoms. The Hall–Kier alpha value is -1.61. The molecule has 2 aromatic rings. The fourth-order valence-electron chi connectivity index (χ4n) is 1.60. The number of rotatable bonds is 3. The highest BCUT2D eigenvalue weighted by Crippen LogP contribution is 2.28. The summed E-state index contributed by atoms with van der Waals surface area (Å²) >= 11 is 0. The van der Waals surface area contributed by atoms with E-state index in [1.165, 1.54) is 5.56 Å². The van der Waals surface area contributed by atoms with E-state index in [2.05, 4.69) is 11.9 Å². The maximum Gasteiger partial charge on any atom is 0.121 e. The number of hydrogen-bond acceptors (Lipinski definition) is 3. The van der Waals surface area contributed by atoms with Gasteiger partial charge in [-0.2, -0.15) is 0 Å². The Labute approximate surface area is 88.9 Å². The molecule has 0 aromatic carbocycles. The van der Waals surface area contributed by atoms with Crippen LogP contribution in [0, 0.1) is 0 Å². The second-order valence-corrected chi connectivity index (χ2v) is 3.61. The van der Waals surface area contributed by atoms with Gasteiger partial charge >= 0.3 is 0 Å². The lowest BCUT2D eigenvalue weighted by molar-refractivity contribution is 0.435. The van der Waals surface area contributed by atoms with Crippen molar-refractivity contribution in [2.24, 2.45) is 5.73 Å². The first-order chi connectivity index (χ1) is 7.29. The third kappa shape index (κ3) is 2.07. The van der Waals surface area contributed by atoms with Crippen molar-refractivity contribution in [3.8, 4) is 0 Å². The summed E-state index contributed by atoms with van der Waals surface area (Å²) in [6.07, 6.45) is 5.20. The van der Waals surface area contributed by atoms with Crippen LogP contribution in [0.1, 0.15) is 30.2 Å². The Kier molecular flexibility index (Phi) is 2.83. The second kappa shape index (κ2) is 4.28. The van der Waals surface area contributed by atoms with Crippen LogP contribution < -0.4 is 5.73 Å². The molecule has 0 amide bonds. The highest BCUT2D eigenvalue weighted by Gasteiger charge is 2.18. The van der Waals surface area contributed by atoms with Crippen molar-refractivity contribution in [2.45, 2.75) is 18.9 Å². The SMILES string of the molecule is CC(c1ccncc1)C(N)c1ccco1. The van der Waals surface area contributed by atoms with E-state index in [9.17, 15) is 0 Å². The van der Waals surface area contributed by atoms with Crippen LogP contribution in [-0.4, -0.2) is 4.98 Å². The van der Waals surface area contributed by atoms with Crippen molar-refractivity contribution in [3.05, 3.63) is 54.2 Å². The Bertz CT molecular complexity index is 397. The summed E-state index contributed by atoms with van der Waals surface area (Å²) in [6, 6.07) is 7.61. The van der Waals surface area contributed by atoms with Crippen molar-refractivity contribution < 1.29 is 4.42 Å². The molecule has 0 aliphatic carbocycles. The summed E-state index contributed by atoms with van der Waals surface area (Å²) in [5.41, 5.74) is 7.28. The number of nitrogens with zero attached hydrogens (tertiary/aromatic N) is 1. The van der Waals surface area contributed by atoms with Gasteiger partial charge in [-0.05, 0) is 29.8 Å². The first kappa shape index (κ1) is 9.93. The minimum absolute atomic E-state index is 0.109. The van der Waals surface area contributed by atoms with E-state index >= 15 is 0 Å². The molecule has 3 nitrogen and oxygen atoms in total. The van der Waals surface area contributed by atoms with Gasteiger partial charge in [0.05, 0.1) is 12.3 Å². The van der Waals surface area contributed by atoms with Gasteiger partial charge in [0.1, 0.15) is 5.76 Å². The summed E-state index contributed by atoms with van der Waals surface area (Å²) in [4.78, 5) is 3.99. The molecular weight excluding hydrogens is 188 g/mol. The Morgan fingerprint density at radius 1 is 1.27 bits per heavy atom. The van der Waals surface area contributed by atoms with Crippen LogP contribution in [0.4, 0.5) is 0 Å². The van der Waals surface area contributed by atoms with E-state index in [0.717, 1.165) is 5.76 Å². The van der Waals surface area contributed by atoms with Gasteiger partial charge in [0.25, 0.3) is 0 Å². The van der Waals surface area contributed by atoms with E-state index in [0.29, 0.717) is 0 Å². The van der Waals surface area contributed by atoms with E-state index < -0.39 is 0 Å². The predicted molar refractivity (Wildman–Crippen MR) is 58.3 cm³/mol. The van der Waals surface area contributed by atoms with Gasteiger partial charge in [0, 0.05) is 18.3 Å². The van der Waals surface area contributed by atoms with Crippen LogP contribution in [0.5, 0.6) is 0 Å². The van der Waals surface area contributed by atoms with Gasteiger partial charge in [-0.25, -0.2) is 0 Å². The average Bonchev–Trinajstić information content (AvgIpc) is 2.82. The Morgan fingerprint density at radius 3 is 2.60 bits per heavy atom. The zero-order chi connectivity index (χ0) is 10.7. The summed E-state index contributed by atoms with van der Waals surface area (Å²) in [5.74, 6) is 1.04. The zero-order valence-electron chi connectivity index (χ0n) is 8.63. The number of nitrogens with two attached hydrogens (primary N) is 1. The maximum absolute atomic E-state index is 6.10. The third-order valence-electron chi connectivity index (χ3n) is 2.64.